The molecule has 1 aromatic heterocycles. The topological polar surface area (TPSA) is 132 Å². The third-order valence-corrected chi connectivity index (χ3v) is 5.18. The van der Waals surface area contributed by atoms with Crippen molar-refractivity contribution >= 4 is 29.4 Å². The third-order valence-electron chi connectivity index (χ3n) is 5.18. The number of anilines is 1. The van der Waals surface area contributed by atoms with Crippen LogP contribution in [0.1, 0.15) is 40.7 Å². The monoisotopic (exact) mass is 483 g/mol. The summed E-state index contributed by atoms with van der Waals surface area (Å²) in [7, 11) is 0. The van der Waals surface area contributed by atoms with Crippen molar-refractivity contribution in [3.05, 3.63) is 57.8 Å². The largest absolute Gasteiger partial charge is 0.452 e. The Morgan fingerprint density at radius 3 is 2.50 bits per heavy atom. The van der Waals surface area contributed by atoms with E-state index in [4.69, 9.17) is 9.15 Å². The van der Waals surface area contributed by atoms with Crippen LogP contribution in [0.5, 0.6) is 0 Å². The molecule has 0 aliphatic heterocycles. The summed E-state index contributed by atoms with van der Waals surface area (Å²) in [6, 6.07) is 6.92. The highest BCUT2D eigenvalue weighted by Crippen LogP contribution is 2.36. The third kappa shape index (κ3) is 6.33. The molecule has 3 rings (SSSR count). The Morgan fingerprint density at radius 1 is 1.24 bits per heavy atom. The van der Waals surface area contributed by atoms with Gasteiger partial charge in [-0.15, -0.1) is 0 Å². The highest BCUT2D eigenvalue weighted by molar-refractivity contribution is 6.07. The Bertz CT molecular complexity index is 1100. The van der Waals surface area contributed by atoms with Crippen LogP contribution in [0.3, 0.4) is 0 Å². The van der Waals surface area contributed by atoms with Crippen molar-refractivity contribution in [2.45, 2.75) is 32.0 Å². The number of halogens is 3. The summed E-state index contributed by atoms with van der Waals surface area (Å²) < 4.78 is 48.6. The molecule has 0 spiro atoms. The van der Waals surface area contributed by atoms with Gasteiger partial charge in [-0.05, 0) is 43.9 Å². The Hall–Kier alpha value is -3.90. The average molecular weight is 483 g/mol. The molecule has 1 aromatic carbocycles. The lowest BCUT2D eigenvalue weighted by molar-refractivity contribution is -0.402. The summed E-state index contributed by atoms with van der Waals surface area (Å²) in [5, 5.41) is 13.0. The van der Waals surface area contributed by atoms with Crippen LogP contribution < -0.4 is 5.32 Å². The highest BCUT2D eigenvalue weighted by atomic mass is 19.4. The van der Waals surface area contributed by atoms with Gasteiger partial charge in [0.1, 0.15) is 11.5 Å². The van der Waals surface area contributed by atoms with Crippen molar-refractivity contribution in [1.82, 2.24) is 4.90 Å². The number of para-hydroxylation sites is 1. The molecule has 1 atom stereocenters. The number of furan rings is 1. The first-order chi connectivity index (χ1) is 16.0. The van der Waals surface area contributed by atoms with Crippen molar-refractivity contribution in [1.29, 1.82) is 0 Å². The zero-order valence-corrected chi connectivity index (χ0v) is 17.8. The summed E-state index contributed by atoms with van der Waals surface area (Å²) in [5.74, 6) is -4.01. The zero-order valence-electron chi connectivity index (χ0n) is 17.8. The fourth-order valence-electron chi connectivity index (χ4n) is 3.28. The van der Waals surface area contributed by atoms with Gasteiger partial charge in [-0.25, -0.2) is 4.79 Å². The normalized spacial score (nSPS) is 14.2. The van der Waals surface area contributed by atoms with Gasteiger partial charge in [-0.1, -0.05) is 12.1 Å². The molecule has 2 aromatic rings. The van der Waals surface area contributed by atoms with Crippen LogP contribution in [-0.4, -0.2) is 53.0 Å². The predicted octanol–water partition coefficient (Wildman–Crippen LogP) is 3.79. The van der Waals surface area contributed by atoms with Crippen molar-refractivity contribution in [3.8, 4) is 0 Å². The van der Waals surface area contributed by atoms with Crippen molar-refractivity contribution in [2.24, 2.45) is 5.92 Å². The van der Waals surface area contributed by atoms with Gasteiger partial charge >= 0.3 is 18.0 Å². The molecule has 13 heteroatoms. The number of carbonyl (C=O) groups excluding carboxylic acids is 3. The van der Waals surface area contributed by atoms with Crippen LogP contribution >= 0.6 is 0 Å². The zero-order chi connectivity index (χ0) is 25.0. The van der Waals surface area contributed by atoms with Crippen molar-refractivity contribution in [3.63, 3.8) is 0 Å². The van der Waals surface area contributed by atoms with Crippen molar-refractivity contribution < 1.29 is 41.6 Å². The minimum absolute atomic E-state index is 0.0321. The molecule has 182 valence electrons. The van der Waals surface area contributed by atoms with Gasteiger partial charge in [-0.3, -0.25) is 19.7 Å². The second-order valence-electron chi connectivity index (χ2n) is 7.69. The Balaban J connectivity index is 1.67. The maximum absolute atomic E-state index is 12.9. The summed E-state index contributed by atoms with van der Waals surface area (Å²) in [4.78, 5) is 47.8. The van der Waals surface area contributed by atoms with E-state index >= 15 is 0 Å². The molecule has 1 aliphatic carbocycles. The number of ether oxygens (including phenoxy) is 1. The molecular weight excluding hydrogens is 463 g/mol. The number of rotatable bonds is 9. The standard InChI is InChI=1S/C21H20F3N3O7/c1-12(13-6-7-13)26(11-21(22,23)24)17(28)10-33-20(30)14-4-2-3-5-15(14)25-19(29)16-8-9-18(34-16)27(31)32/h2-5,8-9,12-13H,6-7,10-11H2,1H3,(H,25,29). The fraction of sp³-hybridized carbons (Fsp3) is 0.381. The Morgan fingerprint density at radius 2 is 1.91 bits per heavy atom. The van der Waals surface area contributed by atoms with E-state index in [2.05, 4.69) is 5.32 Å². The Kier molecular flexibility index (Phi) is 7.23. The lowest BCUT2D eigenvalue weighted by atomic mass is 10.1. The molecule has 2 amide bonds. The molecule has 1 saturated carbocycles. The number of carbonyl (C=O) groups is 3. The van der Waals surface area contributed by atoms with Gasteiger partial charge in [0.25, 0.3) is 11.8 Å². The van der Waals surface area contributed by atoms with E-state index in [-0.39, 0.29) is 22.9 Å². The van der Waals surface area contributed by atoms with Crippen LogP contribution in [0.2, 0.25) is 0 Å². The molecule has 1 aliphatic rings. The quantitative estimate of drug-likeness (QED) is 0.326. The number of amides is 2. The molecule has 0 bridgehead atoms. The first-order valence-electron chi connectivity index (χ1n) is 10.1. The average Bonchev–Trinajstić information content (AvgIpc) is 3.50. The number of nitrogens with one attached hydrogen (secondary N) is 1. The SMILES string of the molecule is CC(C1CC1)N(CC(F)(F)F)C(=O)COC(=O)c1ccccc1NC(=O)c1ccc([N+](=O)[O-])o1. The van der Waals surface area contributed by atoms with E-state index in [0.717, 1.165) is 12.1 Å². The number of hydrogen-bond acceptors (Lipinski definition) is 7. The number of alkyl halides is 3. The minimum Gasteiger partial charge on any atom is -0.452 e. The van der Waals surface area contributed by atoms with Crippen LogP contribution in [-0.2, 0) is 9.53 Å². The van der Waals surface area contributed by atoms with E-state index in [1.165, 1.54) is 31.2 Å². The molecule has 1 heterocycles. The first kappa shape index (κ1) is 24.7. The number of esters is 1. The van der Waals surface area contributed by atoms with Crippen molar-refractivity contribution in [2.75, 3.05) is 18.5 Å². The maximum atomic E-state index is 12.9. The maximum Gasteiger partial charge on any atom is 0.433 e. The molecule has 34 heavy (non-hydrogen) atoms. The number of hydrogen-bond donors (Lipinski definition) is 1. The van der Waals surface area contributed by atoms with E-state index < -0.39 is 54.0 Å². The van der Waals surface area contributed by atoms with Gasteiger partial charge in [-0.2, -0.15) is 13.2 Å². The van der Waals surface area contributed by atoms with E-state index in [9.17, 15) is 37.7 Å². The number of benzene rings is 1. The number of nitrogens with zero attached hydrogens (tertiary/aromatic N) is 2. The van der Waals surface area contributed by atoms with Crippen LogP contribution in [0.25, 0.3) is 0 Å². The van der Waals surface area contributed by atoms with E-state index in [1.54, 1.807) is 0 Å². The van der Waals surface area contributed by atoms with Gasteiger partial charge in [0.2, 0.25) is 0 Å². The van der Waals surface area contributed by atoms with Crippen LogP contribution in [0.4, 0.5) is 24.7 Å². The molecule has 1 fully saturated rings. The second-order valence-corrected chi connectivity index (χ2v) is 7.69. The first-order valence-corrected chi connectivity index (χ1v) is 10.1. The van der Waals surface area contributed by atoms with Crippen LogP contribution in [0.15, 0.2) is 40.8 Å². The lowest BCUT2D eigenvalue weighted by Crippen LogP contribution is -2.47. The van der Waals surface area contributed by atoms with E-state index in [1.807, 2.05) is 0 Å². The predicted molar refractivity (Wildman–Crippen MR) is 110 cm³/mol. The minimum atomic E-state index is -4.61. The molecular formula is C21H20F3N3O7. The summed E-state index contributed by atoms with van der Waals surface area (Å²) in [5.41, 5.74) is -0.232. The number of nitro groups is 1. The summed E-state index contributed by atoms with van der Waals surface area (Å²) in [6.45, 7) is -0.853. The van der Waals surface area contributed by atoms with Gasteiger partial charge < -0.3 is 19.4 Å². The molecule has 0 radical (unpaired) electrons. The summed E-state index contributed by atoms with van der Waals surface area (Å²) >= 11 is 0. The van der Waals surface area contributed by atoms with Gasteiger partial charge in [0.05, 0.1) is 17.3 Å². The smallest absolute Gasteiger partial charge is 0.433 e. The van der Waals surface area contributed by atoms with E-state index in [0.29, 0.717) is 17.7 Å². The molecule has 1 N–H and O–H groups in total. The van der Waals surface area contributed by atoms with Gasteiger partial charge in [0.15, 0.2) is 12.4 Å². The molecule has 1 unspecified atom stereocenters. The highest BCUT2D eigenvalue weighted by Gasteiger charge is 2.40. The molecule has 0 saturated heterocycles. The Labute approximate surface area is 190 Å². The lowest BCUT2D eigenvalue weighted by Gasteiger charge is -2.30. The van der Waals surface area contributed by atoms with Gasteiger partial charge in [0, 0.05) is 6.04 Å². The van der Waals surface area contributed by atoms with Crippen LogP contribution in [0, 0.1) is 16.0 Å². The molecule has 10 nitrogen and oxygen atoms in total. The fourth-order valence-corrected chi connectivity index (χ4v) is 3.28. The second kappa shape index (κ2) is 9.93. The summed E-state index contributed by atoms with van der Waals surface area (Å²) in [6.07, 6.45) is -3.18.